The predicted molar refractivity (Wildman–Crippen MR) is 131 cm³/mol. The van der Waals surface area contributed by atoms with E-state index < -0.39 is 11.7 Å². The van der Waals surface area contributed by atoms with Crippen LogP contribution in [0.25, 0.3) is 0 Å². The summed E-state index contributed by atoms with van der Waals surface area (Å²) in [5.41, 5.74) is 3.20. The van der Waals surface area contributed by atoms with Crippen LogP contribution < -0.4 is 15.5 Å². The molecule has 3 aromatic rings. The number of carbonyl (C=O) groups is 1. The second-order valence-corrected chi connectivity index (χ2v) is 8.63. The number of halogens is 4. The number of amides is 1. The Morgan fingerprint density at radius 1 is 1.27 bits per heavy atom. The van der Waals surface area contributed by atoms with Gasteiger partial charge in [-0.15, -0.1) is 11.3 Å². The number of benzene rings is 2. The van der Waals surface area contributed by atoms with Gasteiger partial charge in [-0.2, -0.15) is 18.3 Å². The van der Waals surface area contributed by atoms with Crippen molar-refractivity contribution >= 4 is 56.9 Å². The molecule has 0 aliphatic carbocycles. The van der Waals surface area contributed by atoms with Gasteiger partial charge >= 0.3 is 6.18 Å². The molecule has 1 heterocycles. The van der Waals surface area contributed by atoms with Crippen LogP contribution in [0, 0.1) is 3.57 Å². The molecule has 0 atom stereocenters. The van der Waals surface area contributed by atoms with Gasteiger partial charge in [-0.3, -0.25) is 4.79 Å². The average molecular weight is 586 g/mol. The number of rotatable bonds is 9. The largest absolute Gasteiger partial charge is 0.488 e. The molecule has 0 radical (unpaired) electrons. The normalized spacial score (nSPS) is 11.4. The zero-order valence-corrected chi connectivity index (χ0v) is 20.0. The molecule has 2 N–H and O–H groups in total. The Balaban J connectivity index is 1.53. The summed E-state index contributed by atoms with van der Waals surface area (Å²) in [7, 11) is 0. The third kappa shape index (κ3) is 7.56. The lowest BCUT2D eigenvalue weighted by Gasteiger charge is -2.08. The SMILES string of the molecule is C=CCOc1ccc(/C=N\NC(=O)Cc2csc(Nc3cccc(C(F)(F)F)c3)n2)cc1I. The highest BCUT2D eigenvalue weighted by Crippen LogP contribution is 2.31. The first kappa shape index (κ1) is 24.7. The molecule has 11 heteroatoms. The fourth-order valence-electron chi connectivity index (χ4n) is 2.59. The van der Waals surface area contributed by atoms with E-state index in [1.165, 1.54) is 29.7 Å². The van der Waals surface area contributed by atoms with Gasteiger partial charge in [0, 0.05) is 11.1 Å². The quantitative estimate of drug-likeness (QED) is 0.145. The lowest BCUT2D eigenvalue weighted by molar-refractivity contribution is -0.137. The van der Waals surface area contributed by atoms with Crippen molar-refractivity contribution in [3.8, 4) is 5.75 Å². The van der Waals surface area contributed by atoms with E-state index in [-0.39, 0.29) is 18.0 Å². The lowest BCUT2D eigenvalue weighted by atomic mass is 10.2. The Labute approximate surface area is 205 Å². The summed E-state index contributed by atoms with van der Waals surface area (Å²) in [6.45, 7) is 4.02. The molecule has 0 unspecified atom stereocenters. The van der Waals surface area contributed by atoms with Crippen LogP contribution in [0.4, 0.5) is 24.0 Å². The van der Waals surface area contributed by atoms with Crippen LogP contribution in [0.15, 0.2) is 65.6 Å². The highest BCUT2D eigenvalue weighted by Gasteiger charge is 2.30. The van der Waals surface area contributed by atoms with Crippen LogP contribution in [0.5, 0.6) is 5.75 Å². The van der Waals surface area contributed by atoms with Gasteiger partial charge < -0.3 is 10.1 Å². The van der Waals surface area contributed by atoms with Crippen LogP contribution in [0.2, 0.25) is 0 Å². The second-order valence-electron chi connectivity index (χ2n) is 6.61. The van der Waals surface area contributed by atoms with Gasteiger partial charge in [0.25, 0.3) is 0 Å². The van der Waals surface area contributed by atoms with E-state index >= 15 is 0 Å². The molecule has 0 aliphatic heterocycles. The van der Waals surface area contributed by atoms with Crippen molar-refractivity contribution in [3.63, 3.8) is 0 Å². The summed E-state index contributed by atoms with van der Waals surface area (Å²) < 4.78 is 44.9. The number of thiazole rings is 1. The minimum absolute atomic E-state index is 0.0238. The van der Waals surface area contributed by atoms with Gasteiger partial charge in [-0.1, -0.05) is 18.7 Å². The summed E-state index contributed by atoms with van der Waals surface area (Å²) in [5, 5.41) is 8.81. The third-order valence-electron chi connectivity index (χ3n) is 4.05. The average Bonchev–Trinajstić information content (AvgIpc) is 3.19. The topological polar surface area (TPSA) is 75.6 Å². The molecule has 172 valence electrons. The Kier molecular flexibility index (Phi) is 8.44. The van der Waals surface area contributed by atoms with E-state index in [9.17, 15) is 18.0 Å². The van der Waals surface area contributed by atoms with Gasteiger partial charge in [0.15, 0.2) is 5.13 Å². The van der Waals surface area contributed by atoms with Crippen LogP contribution in [0.1, 0.15) is 16.8 Å². The Hall–Kier alpha value is -2.93. The zero-order valence-electron chi connectivity index (χ0n) is 17.0. The molecule has 6 nitrogen and oxygen atoms in total. The molecule has 33 heavy (non-hydrogen) atoms. The number of ether oxygens (including phenoxy) is 1. The Morgan fingerprint density at radius 2 is 2.09 bits per heavy atom. The first-order valence-corrected chi connectivity index (χ1v) is 11.4. The molecule has 2 aromatic carbocycles. The van der Waals surface area contributed by atoms with E-state index in [0.717, 1.165) is 27.0 Å². The van der Waals surface area contributed by atoms with Gasteiger partial charge in [-0.05, 0) is 64.6 Å². The molecule has 0 bridgehead atoms. The van der Waals surface area contributed by atoms with Crippen LogP contribution in [-0.2, 0) is 17.4 Å². The number of nitrogens with zero attached hydrogens (tertiary/aromatic N) is 2. The number of nitrogens with one attached hydrogen (secondary N) is 2. The van der Waals surface area contributed by atoms with E-state index in [4.69, 9.17) is 4.74 Å². The number of carbonyl (C=O) groups excluding carboxylic acids is 1. The summed E-state index contributed by atoms with van der Waals surface area (Å²) in [5.74, 6) is 0.359. The maximum Gasteiger partial charge on any atom is 0.416 e. The summed E-state index contributed by atoms with van der Waals surface area (Å²) >= 11 is 3.33. The number of hydrogen-bond acceptors (Lipinski definition) is 6. The van der Waals surface area contributed by atoms with E-state index in [0.29, 0.717) is 17.4 Å². The third-order valence-corrected chi connectivity index (χ3v) is 5.70. The number of hydrogen-bond donors (Lipinski definition) is 2. The maximum atomic E-state index is 12.8. The van der Waals surface area contributed by atoms with Gasteiger partial charge in [0.2, 0.25) is 5.91 Å². The second kappa shape index (κ2) is 11.3. The van der Waals surface area contributed by atoms with Crippen molar-refractivity contribution < 1.29 is 22.7 Å². The monoisotopic (exact) mass is 586 g/mol. The minimum Gasteiger partial charge on any atom is -0.488 e. The highest BCUT2D eigenvalue weighted by atomic mass is 127. The molecular weight excluding hydrogens is 568 g/mol. The van der Waals surface area contributed by atoms with Crippen molar-refractivity contribution in [1.29, 1.82) is 0 Å². The highest BCUT2D eigenvalue weighted by molar-refractivity contribution is 14.1. The van der Waals surface area contributed by atoms with Crippen molar-refractivity contribution in [2.24, 2.45) is 5.10 Å². The van der Waals surface area contributed by atoms with Crippen molar-refractivity contribution in [1.82, 2.24) is 10.4 Å². The van der Waals surface area contributed by atoms with Crippen molar-refractivity contribution in [2.75, 3.05) is 11.9 Å². The fourth-order valence-corrected chi connectivity index (χ4v) is 4.01. The minimum atomic E-state index is -4.43. The first-order chi connectivity index (χ1) is 15.7. The van der Waals surface area contributed by atoms with Gasteiger partial charge in [-0.25, -0.2) is 10.4 Å². The van der Waals surface area contributed by atoms with E-state index in [1.54, 1.807) is 11.5 Å². The Bertz CT molecular complexity index is 1160. The molecule has 1 aromatic heterocycles. The maximum absolute atomic E-state index is 12.8. The molecular formula is C22H18F3IN4O2S. The molecule has 1 amide bonds. The number of alkyl halides is 3. The number of hydrazone groups is 1. The van der Waals surface area contributed by atoms with Crippen LogP contribution in [0.3, 0.4) is 0 Å². The smallest absolute Gasteiger partial charge is 0.416 e. The summed E-state index contributed by atoms with van der Waals surface area (Å²) in [6, 6.07) is 10.3. The van der Waals surface area contributed by atoms with Crippen LogP contribution in [-0.4, -0.2) is 23.7 Å². The summed E-state index contributed by atoms with van der Waals surface area (Å²) in [4.78, 5) is 16.4. The van der Waals surface area contributed by atoms with Crippen molar-refractivity contribution in [2.45, 2.75) is 12.6 Å². The molecule has 0 saturated heterocycles. The van der Waals surface area contributed by atoms with E-state index in [2.05, 4.69) is 50.0 Å². The van der Waals surface area contributed by atoms with Crippen molar-refractivity contribution in [3.05, 3.63) is 80.9 Å². The molecule has 0 fully saturated rings. The molecule has 3 rings (SSSR count). The van der Waals surface area contributed by atoms with Gasteiger partial charge in [0.05, 0.1) is 27.5 Å². The molecule has 0 aliphatic rings. The fraction of sp³-hybridized carbons (Fsp3) is 0.136. The number of anilines is 2. The number of aromatic nitrogens is 1. The predicted octanol–water partition coefficient (Wildman–Crippen LogP) is 5.77. The van der Waals surface area contributed by atoms with E-state index in [1.807, 2.05) is 18.2 Å². The summed E-state index contributed by atoms with van der Waals surface area (Å²) in [6.07, 6.45) is -1.28. The molecule has 0 saturated carbocycles. The zero-order chi connectivity index (χ0) is 23.8. The Morgan fingerprint density at radius 3 is 2.82 bits per heavy atom. The standard InChI is InChI=1S/C22H18F3IN4O2S/c1-2-8-32-19-7-6-14(9-18(19)26)12-27-30-20(31)11-17-13-33-21(29-17)28-16-5-3-4-15(10-16)22(23,24)25/h2-7,9-10,12-13H,1,8,11H2,(H,28,29)(H,30,31)/b27-12-. The van der Waals surface area contributed by atoms with Gasteiger partial charge in [0.1, 0.15) is 12.4 Å². The molecule has 0 spiro atoms. The lowest BCUT2D eigenvalue weighted by Crippen LogP contribution is -2.19. The first-order valence-electron chi connectivity index (χ1n) is 9.48. The van der Waals surface area contributed by atoms with Crippen LogP contribution >= 0.6 is 33.9 Å².